The van der Waals surface area contributed by atoms with Gasteiger partial charge in [-0.1, -0.05) is 6.07 Å². The van der Waals surface area contributed by atoms with Crippen molar-refractivity contribution in [2.45, 2.75) is 45.3 Å². The van der Waals surface area contributed by atoms with Crippen molar-refractivity contribution in [3.63, 3.8) is 0 Å². The van der Waals surface area contributed by atoms with Gasteiger partial charge in [0, 0.05) is 31.2 Å². The Morgan fingerprint density at radius 3 is 2.38 bits per heavy atom. The monoisotopic (exact) mass is 365 g/mol. The first-order chi connectivity index (χ1) is 12.3. The van der Waals surface area contributed by atoms with Crippen LogP contribution in [0.3, 0.4) is 0 Å². The van der Waals surface area contributed by atoms with Crippen LogP contribution in [0.25, 0.3) is 0 Å². The zero-order chi connectivity index (χ0) is 18.8. The van der Waals surface area contributed by atoms with Crippen LogP contribution in [0.1, 0.15) is 34.1 Å². The van der Waals surface area contributed by atoms with Gasteiger partial charge in [0.05, 0.1) is 31.0 Å². The lowest BCUT2D eigenvalue weighted by molar-refractivity contribution is 0.00578. The molecule has 1 aromatic rings. The number of hydrogen-bond donors (Lipinski definition) is 0. The summed E-state index contributed by atoms with van der Waals surface area (Å²) in [6.07, 6.45) is 0.903. The van der Waals surface area contributed by atoms with Gasteiger partial charge in [-0.15, -0.1) is 0 Å². The molecular weight excluding hydrogens is 336 g/mol. The molecule has 2 aliphatic heterocycles. The second-order valence-corrected chi connectivity index (χ2v) is 7.93. The average molecular weight is 365 g/mol. The molecule has 3 rings (SSSR count). The highest BCUT2D eigenvalue weighted by atomic mass is 19.1. The van der Waals surface area contributed by atoms with Gasteiger partial charge in [-0.2, -0.15) is 0 Å². The standard InChI is InChI=1S/C19H29BFNO4/c1-18(2)19(3,4)26-20(25-18)16-7-6-15(14-17(16)21)24-11-5-8-22-9-12-23-13-10-22/h6-7,14H,5,8-13H2,1-4H3. The van der Waals surface area contributed by atoms with E-state index in [2.05, 4.69) is 4.90 Å². The SMILES string of the molecule is CC1(C)OB(c2ccc(OCCCN3CCOCC3)cc2F)OC1(C)C. The summed E-state index contributed by atoms with van der Waals surface area (Å²) in [7, 11) is -0.699. The van der Waals surface area contributed by atoms with Crippen LogP contribution in [0.2, 0.25) is 0 Å². The van der Waals surface area contributed by atoms with Crippen LogP contribution in [0.4, 0.5) is 4.39 Å². The number of ether oxygens (including phenoxy) is 2. The lowest BCUT2D eigenvalue weighted by Crippen LogP contribution is -2.41. The Morgan fingerprint density at radius 2 is 1.77 bits per heavy atom. The van der Waals surface area contributed by atoms with E-state index in [0.29, 0.717) is 17.8 Å². The predicted molar refractivity (Wildman–Crippen MR) is 99.5 cm³/mol. The number of benzene rings is 1. The first kappa shape index (κ1) is 19.6. The first-order valence-electron chi connectivity index (χ1n) is 9.36. The maximum absolute atomic E-state index is 14.5. The molecule has 0 aliphatic carbocycles. The Bertz CT molecular complexity index is 604. The van der Waals surface area contributed by atoms with Crippen LogP contribution in [-0.4, -0.2) is 62.7 Å². The average Bonchev–Trinajstić information content (AvgIpc) is 2.80. The summed E-state index contributed by atoms with van der Waals surface area (Å²) in [5.41, 5.74) is -0.568. The lowest BCUT2D eigenvalue weighted by atomic mass is 9.78. The molecule has 0 saturated carbocycles. The Labute approximate surface area is 155 Å². The van der Waals surface area contributed by atoms with E-state index in [4.69, 9.17) is 18.8 Å². The van der Waals surface area contributed by atoms with Crippen molar-refractivity contribution >= 4 is 12.6 Å². The Hall–Kier alpha value is -1.15. The fraction of sp³-hybridized carbons (Fsp3) is 0.684. The third-order valence-corrected chi connectivity index (χ3v) is 5.47. The molecule has 0 unspecified atom stereocenters. The molecule has 0 aromatic heterocycles. The molecule has 0 atom stereocenters. The molecule has 5 nitrogen and oxygen atoms in total. The molecule has 2 aliphatic rings. The smallest absolute Gasteiger partial charge is 0.493 e. The van der Waals surface area contributed by atoms with Crippen LogP contribution in [0.5, 0.6) is 5.75 Å². The molecule has 2 fully saturated rings. The Kier molecular flexibility index (Phi) is 5.92. The largest absolute Gasteiger partial charge is 0.497 e. The minimum atomic E-state index is -0.699. The Morgan fingerprint density at radius 1 is 1.12 bits per heavy atom. The number of nitrogens with zero attached hydrogens (tertiary/aromatic N) is 1. The van der Waals surface area contributed by atoms with Crippen molar-refractivity contribution in [2.24, 2.45) is 0 Å². The molecule has 0 spiro atoms. The predicted octanol–water partition coefficient (Wildman–Crippen LogP) is 2.23. The molecule has 0 N–H and O–H groups in total. The summed E-state index contributed by atoms with van der Waals surface area (Å²) in [6.45, 7) is 12.9. The zero-order valence-electron chi connectivity index (χ0n) is 16.2. The van der Waals surface area contributed by atoms with E-state index < -0.39 is 18.3 Å². The molecule has 2 saturated heterocycles. The molecular formula is C19H29BFNO4. The van der Waals surface area contributed by atoms with Gasteiger partial charge in [-0.05, 0) is 40.2 Å². The molecule has 144 valence electrons. The minimum absolute atomic E-state index is 0.367. The topological polar surface area (TPSA) is 40.2 Å². The van der Waals surface area contributed by atoms with E-state index in [1.54, 1.807) is 12.1 Å². The van der Waals surface area contributed by atoms with E-state index in [-0.39, 0.29) is 5.82 Å². The summed E-state index contributed by atoms with van der Waals surface area (Å²) >= 11 is 0. The highest BCUT2D eigenvalue weighted by Gasteiger charge is 2.52. The van der Waals surface area contributed by atoms with Gasteiger partial charge in [0.25, 0.3) is 0 Å². The van der Waals surface area contributed by atoms with Gasteiger partial charge in [0.1, 0.15) is 11.6 Å². The van der Waals surface area contributed by atoms with Gasteiger partial charge < -0.3 is 18.8 Å². The fourth-order valence-electron chi connectivity index (χ4n) is 3.06. The van der Waals surface area contributed by atoms with E-state index in [1.807, 2.05) is 27.7 Å². The van der Waals surface area contributed by atoms with Gasteiger partial charge in [0.2, 0.25) is 0 Å². The van der Waals surface area contributed by atoms with E-state index in [9.17, 15) is 4.39 Å². The zero-order valence-corrected chi connectivity index (χ0v) is 16.2. The quantitative estimate of drug-likeness (QED) is 0.571. The molecule has 2 heterocycles. The van der Waals surface area contributed by atoms with Crippen LogP contribution < -0.4 is 10.2 Å². The number of morpholine rings is 1. The fourth-order valence-corrected chi connectivity index (χ4v) is 3.06. The van der Waals surface area contributed by atoms with E-state index >= 15 is 0 Å². The van der Waals surface area contributed by atoms with Crippen molar-refractivity contribution < 1.29 is 23.2 Å². The molecule has 26 heavy (non-hydrogen) atoms. The van der Waals surface area contributed by atoms with Gasteiger partial charge >= 0.3 is 7.12 Å². The normalized spacial score (nSPS) is 22.6. The highest BCUT2D eigenvalue weighted by molar-refractivity contribution is 6.62. The minimum Gasteiger partial charge on any atom is -0.493 e. The van der Waals surface area contributed by atoms with Crippen molar-refractivity contribution in [1.29, 1.82) is 0 Å². The van der Waals surface area contributed by atoms with E-state index in [1.165, 1.54) is 6.07 Å². The lowest BCUT2D eigenvalue weighted by Gasteiger charge is -2.32. The van der Waals surface area contributed by atoms with Crippen LogP contribution >= 0.6 is 0 Å². The first-order valence-corrected chi connectivity index (χ1v) is 9.36. The van der Waals surface area contributed by atoms with Crippen molar-refractivity contribution in [3.05, 3.63) is 24.0 Å². The summed E-state index contributed by atoms with van der Waals surface area (Å²) in [5.74, 6) is 0.166. The number of hydrogen-bond acceptors (Lipinski definition) is 5. The molecule has 0 bridgehead atoms. The molecule has 1 aromatic carbocycles. The van der Waals surface area contributed by atoms with Crippen molar-refractivity contribution in [3.8, 4) is 5.75 Å². The van der Waals surface area contributed by atoms with Gasteiger partial charge in [-0.25, -0.2) is 4.39 Å². The third kappa shape index (κ3) is 4.39. The Balaban J connectivity index is 1.51. The van der Waals surface area contributed by atoms with Crippen molar-refractivity contribution in [1.82, 2.24) is 4.90 Å². The number of halogens is 1. The second kappa shape index (κ2) is 7.84. The molecule has 0 amide bonds. The third-order valence-electron chi connectivity index (χ3n) is 5.47. The molecule has 7 heteroatoms. The second-order valence-electron chi connectivity index (χ2n) is 7.93. The summed E-state index contributed by atoms with van der Waals surface area (Å²) in [5, 5.41) is 0. The maximum Gasteiger partial charge on any atom is 0.497 e. The summed E-state index contributed by atoms with van der Waals surface area (Å²) < 4.78 is 37.4. The van der Waals surface area contributed by atoms with Crippen molar-refractivity contribution in [2.75, 3.05) is 39.5 Å². The van der Waals surface area contributed by atoms with Crippen LogP contribution in [-0.2, 0) is 14.0 Å². The van der Waals surface area contributed by atoms with Gasteiger partial charge in [-0.3, -0.25) is 4.90 Å². The highest BCUT2D eigenvalue weighted by Crippen LogP contribution is 2.36. The summed E-state index contributed by atoms with van der Waals surface area (Å²) in [6, 6.07) is 4.88. The van der Waals surface area contributed by atoms with E-state index in [0.717, 1.165) is 39.3 Å². The van der Waals surface area contributed by atoms with Crippen LogP contribution in [0.15, 0.2) is 18.2 Å². The maximum atomic E-state index is 14.5. The number of rotatable bonds is 6. The summed E-state index contributed by atoms with van der Waals surface area (Å²) in [4.78, 5) is 2.36. The van der Waals surface area contributed by atoms with Gasteiger partial charge in [0.15, 0.2) is 0 Å². The molecule has 0 radical (unpaired) electrons. The van der Waals surface area contributed by atoms with Crippen LogP contribution in [0, 0.1) is 5.82 Å².